The minimum Gasteiger partial charge on any atom is -0.493 e. The molecule has 1 amide bonds. The van der Waals surface area contributed by atoms with Gasteiger partial charge in [-0.2, -0.15) is 0 Å². The lowest BCUT2D eigenvalue weighted by Crippen LogP contribution is -2.47. The van der Waals surface area contributed by atoms with Gasteiger partial charge in [0.05, 0.1) is 13.5 Å². The van der Waals surface area contributed by atoms with Gasteiger partial charge in [-0.05, 0) is 25.5 Å². The van der Waals surface area contributed by atoms with Gasteiger partial charge in [-0.25, -0.2) is 0 Å². The van der Waals surface area contributed by atoms with Gasteiger partial charge in [-0.15, -0.1) is 0 Å². The number of fused-ring (bicyclic) bond motifs is 1. The summed E-state index contributed by atoms with van der Waals surface area (Å²) in [7, 11) is 1.48. The highest BCUT2D eigenvalue weighted by atomic mass is 16.6. The van der Waals surface area contributed by atoms with E-state index >= 15 is 0 Å². The quantitative estimate of drug-likeness (QED) is 0.829. The highest BCUT2D eigenvalue weighted by molar-refractivity contribution is 5.96. The third-order valence-electron chi connectivity index (χ3n) is 3.83. The van der Waals surface area contributed by atoms with E-state index in [1.54, 1.807) is 19.1 Å². The standard InChI is InChI=1S/C16H21NO6/c1-4-16(2,9-13(18)19)17-15(20)10-7-11(21-3)14-12(8-10)22-5-6-23-14/h7-8H,4-6,9H2,1-3H3,(H,17,20)(H,18,19). The van der Waals surface area contributed by atoms with Crippen molar-refractivity contribution in [3.63, 3.8) is 0 Å². The second-order valence-corrected chi connectivity index (χ2v) is 5.64. The van der Waals surface area contributed by atoms with Gasteiger partial charge >= 0.3 is 5.97 Å². The number of carboxylic acids is 1. The summed E-state index contributed by atoms with van der Waals surface area (Å²) in [6.45, 7) is 4.34. The lowest BCUT2D eigenvalue weighted by molar-refractivity contribution is -0.138. The van der Waals surface area contributed by atoms with Crippen molar-refractivity contribution in [1.82, 2.24) is 5.32 Å². The molecule has 1 aliphatic rings. The molecular formula is C16H21NO6. The summed E-state index contributed by atoms with van der Waals surface area (Å²) in [5, 5.41) is 11.8. The van der Waals surface area contributed by atoms with E-state index in [0.717, 1.165) is 0 Å². The maximum Gasteiger partial charge on any atom is 0.305 e. The molecule has 0 fully saturated rings. The first-order chi connectivity index (χ1) is 10.9. The molecule has 0 saturated heterocycles. The van der Waals surface area contributed by atoms with Crippen LogP contribution in [0.15, 0.2) is 12.1 Å². The summed E-state index contributed by atoms with van der Waals surface area (Å²) < 4.78 is 16.2. The molecule has 1 aliphatic heterocycles. The van der Waals surface area contributed by atoms with Crippen LogP contribution in [-0.4, -0.2) is 42.8 Å². The number of carbonyl (C=O) groups is 2. The van der Waals surface area contributed by atoms with Gasteiger partial charge in [-0.1, -0.05) is 6.92 Å². The van der Waals surface area contributed by atoms with Crippen LogP contribution in [-0.2, 0) is 4.79 Å². The van der Waals surface area contributed by atoms with E-state index in [2.05, 4.69) is 5.32 Å². The summed E-state index contributed by atoms with van der Waals surface area (Å²) in [5.41, 5.74) is -0.500. The van der Waals surface area contributed by atoms with E-state index in [1.807, 2.05) is 6.92 Å². The molecule has 2 rings (SSSR count). The Morgan fingerprint density at radius 3 is 2.65 bits per heavy atom. The van der Waals surface area contributed by atoms with Crippen molar-refractivity contribution in [1.29, 1.82) is 0 Å². The summed E-state index contributed by atoms with van der Waals surface area (Å²) >= 11 is 0. The largest absolute Gasteiger partial charge is 0.493 e. The molecule has 1 aromatic carbocycles. The normalized spacial score (nSPS) is 15.4. The molecule has 0 saturated carbocycles. The second-order valence-electron chi connectivity index (χ2n) is 5.64. The van der Waals surface area contributed by atoms with Gasteiger partial charge in [0.25, 0.3) is 5.91 Å². The number of carboxylic acid groups (broad SMARTS) is 1. The minimum absolute atomic E-state index is 0.156. The minimum atomic E-state index is -0.964. The molecule has 0 radical (unpaired) electrons. The molecule has 7 nitrogen and oxygen atoms in total. The molecule has 23 heavy (non-hydrogen) atoms. The van der Waals surface area contributed by atoms with Crippen molar-refractivity contribution in [3.05, 3.63) is 17.7 Å². The number of methoxy groups -OCH3 is 1. The molecule has 1 aromatic rings. The Morgan fingerprint density at radius 2 is 2.04 bits per heavy atom. The molecule has 0 aliphatic carbocycles. The second kappa shape index (κ2) is 6.76. The van der Waals surface area contributed by atoms with Gasteiger partial charge in [-0.3, -0.25) is 9.59 Å². The fourth-order valence-electron chi connectivity index (χ4n) is 2.34. The van der Waals surface area contributed by atoms with Crippen molar-refractivity contribution in [2.45, 2.75) is 32.2 Å². The Kier molecular flexibility index (Phi) is 4.98. The first-order valence-electron chi connectivity index (χ1n) is 7.40. The molecule has 0 bridgehead atoms. The number of ether oxygens (including phenoxy) is 3. The summed E-state index contributed by atoms with van der Waals surface area (Å²) in [4.78, 5) is 23.5. The summed E-state index contributed by atoms with van der Waals surface area (Å²) in [6, 6.07) is 3.13. The van der Waals surface area contributed by atoms with Gasteiger partial charge in [0.2, 0.25) is 5.75 Å². The zero-order valence-corrected chi connectivity index (χ0v) is 13.5. The summed E-state index contributed by atoms with van der Waals surface area (Å²) in [6.07, 6.45) is 0.337. The third kappa shape index (κ3) is 3.85. The lowest BCUT2D eigenvalue weighted by atomic mass is 9.94. The molecule has 1 heterocycles. The smallest absolute Gasteiger partial charge is 0.305 e. The fourth-order valence-corrected chi connectivity index (χ4v) is 2.34. The molecular weight excluding hydrogens is 302 g/mol. The van der Waals surface area contributed by atoms with E-state index < -0.39 is 11.5 Å². The van der Waals surface area contributed by atoms with Gasteiger partial charge in [0.1, 0.15) is 13.2 Å². The zero-order chi connectivity index (χ0) is 17.0. The number of aliphatic carboxylic acids is 1. The van der Waals surface area contributed by atoms with Crippen molar-refractivity contribution < 1.29 is 28.9 Å². The van der Waals surface area contributed by atoms with Crippen LogP contribution < -0.4 is 19.5 Å². The molecule has 0 spiro atoms. The van der Waals surface area contributed by atoms with E-state index in [-0.39, 0.29) is 12.3 Å². The van der Waals surface area contributed by atoms with Crippen molar-refractivity contribution in [2.75, 3.05) is 20.3 Å². The average molecular weight is 323 g/mol. The van der Waals surface area contributed by atoms with E-state index in [4.69, 9.17) is 19.3 Å². The van der Waals surface area contributed by atoms with E-state index in [0.29, 0.717) is 42.4 Å². The first kappa shape index (κ1) is 16.9. The zero-order valence-electron chi connectivity index (χ0n) is 13.5. The maximum atomic E-state index is 12.5. The Bertz CT molecular complexity index is 598. The van der Waals surface area contributed by atoms with Crippen LogP contribution in [0.4, 0.5) is 0 Å². The van der Waals surface area contributed by atoms with Crippen molar-refractivity contribution in [2.24, 2.45) is 0 Å². The average Bonchev–Trinajstić information content (AvgIpc) is 2.52. The lowest BCUT2D eigenvalue weighted by Gasteiger charge is -2.28. The van der Waals surface area contributed by atoms with Crippen LogP contribution in [0.5, 0.6) is 17.2 Å². The van der Waals surface area contributed by atoms with Crippen LogP contribution in [0.1, 0.15) is 37.0 Å². The van der Waals surface area contributed by atoms with Gasteiger partial charge in [0, 0.05) is 11.1 Å². The van der Waals surface area contributed by atoms with Crippen LogP contribution in [0.3, 0.4) is 0 Å². The Balaban J connectivity index is 2.27. The molecule has 7 heteroatoms. The number of amides is 1. The molecule has 2 N–H and O–H groups in total. The van der Waals surface area contributed by atoms with Gasteiger partial charge in [0.15, 0.2) is 11.5 Å². The molecule has 126 valence electrons. The maximum absolute atomic E-state index is 12.5. The fraction of sp³-hybridized carbons (Fsp3) is 0.500. The third-order valence-corrected chi connectivity index (χ3v) is 3.83. The Hall–Kier alpha value is -2.44. The number of hydrogen-bond acceptors (Lipinski definition) is 5. The van der Waals surface area contributed by atoms with Crippen LogP contribution in [0, 0.1) is 0 Å². The highest BCUT2D eigenvalue weighted by Gasteiger charge is 2.29. The number of benzene rings is 1. The number of hydrogen-bond donors (Lipinski definition) is 2. The summed E-state index contributed by atoms with van der Waals surface area (Å²) in [5.74, 6) is -0.0275. The molecule has 1 atom stereocenters. The van der Waals surface area contributed by atoms with Crippen LogP contribution in [0.2, 0.25) is 0 Å². The number of rotatable bonds is 6. The SMILES string of the molecule is CCC(C)(CC(=O)O)NC(=O)c1cc(OC)c2c(c1)OCCO2. The Morgan fingerprint density at radius 1 is 1.35 bits per heavy atom. The Labute approximate surface area is 134 Å². The van der Waals surface area contributed by atoms with E-state index in [1.165, 1.54) is 7.11 Å². The molecule has 0 aromatic heterocycles. The monoisotopic (exact) mass is 323 g/mol. The predicted molar refractivity (Wildman–Crippen MR) is 82.4 cm³/mol. The molecule has 1 unspecified atom stereocenters. The topological polar surface area (TPSA) is 94.1 Å². The van der Waals surface area contributed by atoms with Crippen LogP contribution in [0.25, 0.3) is 0 Å². The van der Waals surface area contributed by atoms with E-state index in [9.17, 15) is 9.59 Å². The predicted octanol–water partition coefficient (Wildman–Crippen LogP) is 1.84. The number of carbonyl (C=O) groups excluding carboxylic acids is 1. The van der Waals surface area contributed by atoms with Crippen molar-refractivity contribution in [3.8, 4) is 17.2 Å². The van der Waals surface area contributed by atoms with Gasteiger partial charge < -0.3 is 24.6 Å². The highest BCUT2D eigenvalue weighted by Crippen LogP contribution is 2.40. The first-order valence-corrected chi connectivity index (χ1v) is 7.40. The van der Waals surface area contributed by atoms with Crippen molar-refractivity contribution >= 4 is 11.9 Å². The van der Waals surface area contributed by atoms with Crippen LogP contribution >= 0.6 is 0 Å². The number of nitrogens with one attached hydrogen (secondary N) is 1.